The molecule has 1 N–H and O–H groups in total. The fraction of sp³-hybridized carbons (Fsp3) is 0.450. The minimum Gasteiger partial charge on any atom is -0.385 e. The summed E-state index contributed by atoms with van der Waals surface area (Å²) >= 11 is 0. The normalized spacial score (nSPS) is 16.9. The van der Waals surface area contributed by atoms with E-state index in [0.717, 1.165) is 5.69 Å². The van der Waals surface area contributed by atoms with Crippen LogP contribution in [0.4, 0.5) is 4.39 Å². The summed E-state index contributed by atoms with van der Waals surface area (Å²) in [4.78, 5) is 26.8. The molecule has 1 aliphatic rings. The number of nitrogens with zero attached hydrogens (tertiary/aromatic N) is 6. The van der Waals surface area contributed by atoms with E-state index in [-0.39, 0.29) is 48.5 Å². The summed E-state index contributed by atoms with van der Waals surface area (Å²) in [6.07, 6.45) is 3.20. The lowest BCUT2D eigenvalue weighted by atomic mass is 9.85. The number of pyridine rings is 1. The van der Waals surface area contributed by atoms with E-state index in [0.29, 0.717) is 5.78 Å². The molecule has 1 amide bonds. The number of fused-ring (bicyclic) bond motifs is 1. The van der Waals surface area contributed by atoms with Gasteiger partial charge in [-0.2, -0.15) is 14.5 Å². The molecule has 0 spiro atoms. The fourth-order valence-corrected chi connectivity index (χ4v) is 3.70. The van der Waals surface area contributed by atoms with Crippen LogP contribution in [0.15, 0.2) is 30.7 Å². The van der Waals surface area contributed by atoms with Gasteiger partial charge < -0.3 is 10.0 Å². The summed E-state index contributed by atoms with van der Waals surface area (Å²) < 4.78 is 15.7. The molecule has 0 saturated carbocycles. The van der Waals surface area contributed by atoms with E-state index >= 15 is 0 Å². The van der Waals surface area contributed by atoms with E-state index in [1.54, 1.807) is 21.5 Å². The summed E-state index contributed by atoms with van der Waals surface area (Å²) in [6, 6.07) is 4.88. The number of hydrogen-bond acceptors (Lipinski definition) is 6. The molecule has 0 bridgehead atoms. The largest absolute Gasteiger partial charge is 0.385 e. The first-order valence-electron chi connectivity index (χ1n) is 9.53. The summed E-state index contributed by atoms with van der Waals surface area (Å²) in [5.74, 6) is -0.551. The maximum absolute atomic E-state index is 14.0. The maximum atomic E-state index is 14.0. The molecule has 29 heavy (non-hydrogen) atoms. The molecule has 3 aromatic heterocycles. The van der Waals surface area contributed by atoms with Crippen molar-refractivity contribution in [1.82, 2.24) is 29.5 Å². The average Bonchev–Trinajstić information content (AvgIpc) is 3.15. The first kappa shape index (κ1) is 19.4. The zero-order chi connectivity index (χ0) is 20.8. The molecule has 1 saturated heterocycles. The highest BCUT2D eigenvalue weighted by Crippen LogP contribution is 2.34. The van der Waals surface area contributed by atoms with Crippen molar-refractivity contribution in [2.75, 3.05) is 13.1 Å². The number of hydrogen-bond donors (Lipinski definition) is 1. The van der Waals surface area contributed by atoms with Crippen molar-refractivity contribution in [3.8, 4) is 0 Å². The predicted molar refractivity (Wildman–Crippen MR) is 103 cm³/mol. The first-order chi connectivity index (χ1) is 13.7. The molecule has 3 aromatic rings. The highest BCUT2D eigenvalue weighted by atomic mass is 19.1. The second-order valence-corrected chi connectivity index (χ2v) is 8.41. The number of piperidine rings is 1. The van der Waals surface area contributed by atoms with E-state index in [1.165, 1.54) is 18.6 Å². The molecule has 0 aromatic carbocycles. The minimum atomic E-state index is -1.34. The second-order valence-electron chi connectivity index (χ2n) is 8.41. The Kier molecular flexibility index (Phi) is 4.57. The van der Waals surface area contributed by atoms with Gasteiger partial charge in [0, 0.05) is 30.3 Å². The lowest BCUT2D eigenvalue weighted by Crippen LogP contribution is -2.46. The van der Waals surface area contributed by atoms with Crippen molar-refractivity contribution >= 4 is 11.7 Å². The van der Waals surface area contributed by atoms with Crippen molar-refractivity contribution in [1.29, 1.82) is 0 Å². The van der Waals surface area contributed by atoms with Crippen molar-refractivity contribution in [3.05, 3.63) is 53.6 Å². The molecule has 4 heterocycles. The van der Waals surface area contributed by atoms with Gasteiger partial charge in [0.25, 0.3) is 11.7 Å². The van der Waals surface area contributed by atoms with Gasteiger partial charge in [0.15, 0.2) is 0 Å². The standard InChI is InChI=1S/C20H23FN6O2/c1-19(2,3)15-11-14(25-18-23-12-24-27(15)18)17(28)26-9-6-20(29,7-10-26)13-5-4-8-22-16(13)21/h4-5,8,11-12,29H,6-7,9-10H2,1-3H3. The number of aliphatic hydroxyl groups is 1. The molecule has 4 rings (SSSR count). The van der Waals surface area contributed by atoms with Crippen LogP contribution in [0.2, 0.25) is 0 Å². The third-order valence-electron chi connectivity index (χ3n) is 5.38. The van der Waals surface area contributed by atoms with Gasteiger partial charge >= 0.3 is 0 Å². The van der Waals surface area contributed by atoms with Crippen molar-refractivity contribution in [3.63, 3.8) is 0 Å². The van der Waals surface area contributed by atoms with Crippen molar-refractivity contribution in [2.24, 2.45) is 0 Å². The lowest BCUT2D eigenvalue weighted by Gasteiger charge is -2.38. The van der Waals surface area contributed by atoms with Gasteiger partial charge in [0.05, 0.1) is 11.3 Å². The summed E-state index contributed by atoms with van der Waals surface area (Å²) in [5.41, 5.74) is -0.312. The number of carbonyl (C=O) groups is 1. The van der Waals surface area contributed by atoms with E-state index in [9.17, 15) is 14.3 Å². The van der Waals surface area contributed by atoms with Gasteiger partial charge in [-0.05, 0) is 25.0 Å². The number of carbonyl (C=O) groups excluding carboxylic acids is 1. The predicted octanol–water partition coefficient (Wildman–Crippen LogP) is 2.08. The SMILES string of the molecule is CC(C)(C)c1cc(C(=O)N2CCC(O)(c3cccnc3F)CC2)nc2ncnn12. The van der Waals surface area contributed by atoms with Crippen molar-refractivity contribution < 1.29 is 14.3 Å². The second kappa shape index (κ2) is 6.84. The topological polar surface area (TPSA) is 96.5 Å². The van der Waals surface area contributed by atoms with Crippen LogP contribution in [-0.4, -0.2) is 53.6 Å². The summed E-state index contributed by atoms with van der Waals surface area (Å²) in [6.45, 7) is 6.66. The van der Waals surface area contributed by atoms with E-state index < -0.39 is 11.5 Å². The molecule has 0 aliphatic carbocycles. The van der Waals surface area contributed by atoms with Crippen LogP contribution in [0.5, 0.6) is 0 Å². The number of likely N-dealkylation sites (tertiary alicyclic amines) is 1. The Bertz CT molecular complexity index is 1070. The van der Waals surface area contributed by atoms with Crippen LogP contribution in [0.1, 0.15) is 55.4 Å². The first-order valence-corrected chi connectivity index (χ1v) is 9.53. The average molecular weight is 398 g/mol. The molecule has 152 valence electrons. The highest BCUT2D eigenvalue weighted by molar-refractivity contribution is 5.93. The van der Waals surface area contributed by atoms with Crippen LogP contribution in [0, 0.1) is 5.95 Å². The van der Waals surface area contributed by atoms with E-state index in [2.05, 4.69) is 20.1 Å². The number of halogens is 1. The van der Waals surface area contributed by atoms with Gasteiger partial charge in [0.1, 0.15) is 12.0 Å². The Balaban J connectivity index is 1.58. The van der Waals surface area contributed by atoms with Gasteiger partial charge in [-0.1, -0.05) is 26.8 Å². The Morgan fingerprint density at radius 1 is 1.24 bits per heavy atom. The monoisotopic (exact) mass is 398 g/mol. The van der Waals surface area contributed by atoms with Crippen LogP contribution in [-0.2, 0) is 11.0 Å². The minimum absolute atomic E-state index is 0.171. The van der Waals surface area contributed by atoms with Crippen LogP contribution >= 0.6 is 0 Å². The van der Waals surface area contributed by atoms with Gasteiger partial charge in [-0.15, -0.1) is 0 Å². The van der Waals surface area contributed by atoms with Crippen LogP contribution < -0.4 is 0 Å². The van der Waals surface area contributed by atoms with Gasteiger partial charge in [0.2, 0.25) is 5.95 Å². The molecule has 0 radical (unpaired) electrons. The maximum Gasteiger partial charge on any atom is 0.272 e. The number of rotatable bonds is 2. The van der Waals surface area contributed by atoms with Crippen molar-refractivity contribution in [2.45, 2.75) is 44.6 Å². The van der Waals surface area contributed by atoms with Gasteiger partial charge in [-0.3, -0.25) is 4.79 Å². The third kappa shape index (κ3) is 3.46. The molecule has 8 nitrogen and oxygen atoms in total. The molecule has 0 atom stereocenters. The molecule has 0 unspecified atom stereocenters. The third-order valence-corrected chi connectivity index (χ3v) is 5.38. The zero-order valence-corrected chi connectivity index (χ0v) is 16.6. The zero-order valence-electron chi connectivity index (χ0n) is 16.6. The smallest absolute Gasteiger partial charge is 0.272 e. The summed E-state index contributed by atoms with van der Waals surface area (Å²) in [5, 5.41) is 15.1. The fourth-order valence-electron chi connectivity index (χ4n) is 3.70. The van der Waals surface area contributed by atoms with Gasteiger partial charge in [-0.25, -0.2) is 14.5 Å². The Labute approximate surface area is 167 Å². The molecular formula is C20H23FN6O2. The molecule has 1 aliphatic heterocycles. The number of amides is 1. The molecule has 9 heteroatoms. The Hall–Kier alpha value is -2.94. The Morgan fingerprint density at radius 2 is 1.97 bits per heavy atom. The quantitative estimate of drug-likeness (QED) is 0.664. The number of aromatic nitrogens is 5. The Morgan fingerprint density at radius 3 is 2.62 bits per heavy atom. The van der Waals surface area contributed by atoms with E-state index in [1.807, 2.05) is 20.8 Å². The van der Waals surface area contributed by atoms with Crippen LogP contribution in [0.25, 0.3) is 5.78 Å². The summed E-state index contributed by atoms with van der Waals surface area (Å²) in [7, 11) is 0. The molecular weight excluding hydrogens is 375 g/mol. The lowest BCUT2D eigenvalue weighted by molar-refractivity contribution is -0.0242. The van der Waals surface area contributed by atoms with Crippen LogP contribution in [0.3, 0.4) is 0 Å². The molecule has 1 fully saturated rings. The highest BCUT2D eigenvalue weighted by Gasteiger charge is 2.38. The van der Waals surface area contributed by atoms with E-state index in [4.69, 9.17) is 0 Å².